The van der Waals surface area contributed by atoms with E-state index in [2.05, 4.69) is 4.98 Å². The Hall–Kier alpha value is -3.88. The Balaban J connectivity index is 2.04. The number of nitro groups is 2. The molecule has 0 aliphatic heterocycles. The van der Waals surface area contributed by atoms with E-state index < -0.39 is 32.8 Å². The second kappa shape index (κ2) is 6.32. The molecule has 0 unspecified atom stereocenters. The number of rotatable bonds is 4. The number of fused-ring (bicyclic) bond motifs is 1. The molecular formula is C16H9N3O6. The maximum absolute atomic E-state index is 12.4. The van der Waals surface area contributed by atoms with Crippen LogP contribution >= 0.6 is 0 Å². The minimum absolute atomic E-state index is 0.101. The minimum Gasteiger partial charge on any atom is -0.420 e. The van der Waals surface area contributed by atoms with E-state index in [-0.39, 0.29) is 5.75 Å². The number of esters is 1. The van der Waals surface area contributed by atoms with Crippen molar-refractivity contribution in [2.45, 2.75) is 0 Å². The molecule has 0 saturated heterocycles. The third-order valence-electron chi connectivity index (χ3n) is 3.41. The predicted octanol–water partition coefficient (Wildman–Crippen LogP) is 3.27. The van der Waals surface area contributed by atoms with Crippen molar-refractivity contribution in [1.29, 1.82) is 0 Å². The first kappa shape index (κ1) is 16.0. The lowest BCUT2D eigenvalue weighted by Gasteiger charge is -2.07. The summed E-state index contributed by atoms with van der Waals surface area (Å²) in [7, 11) is 0. The van der Waals surface area contributed by atoms with Crippen molar-refractivity contribution in [2.75, 3.05) is 0 Å². The van der Waals surface area contributed by atoms with Gasteiger partial charge in [0.05, 0.1) is 9.85 Å². The van der Waals surface area contributed by atoms with Crippen LogP contribution in [0.5, 0.6) is 5.75 Å². The largest absolute Gasteiger partial charge is 0.420 e. The highest BCUT2D eigenvalue weighted by molar-refractivity contribution is 5.98. The van der Waals surface area contributed by atoms with Gasteiger partial charge < -0.3 is 4.74 Å². The van der Waals surface area contributed by atoms with E-state index in [1.807, 2.05) is 0 Å². The number of hydrogen-bond donors (Lipinski definition) is 0. The van der Waals surface area contributed by atoms with Crippen molar-refractivity contribution in [3.63, 3.8) is 0 Å². The van der Waals surface area contributed by atoms with Crippen LogP contribution in [0.25, 0.3) is 10.9 Å². The molecule has 2 aromatic carbocycles. The average molecular weight is 339 g/mol. The minimum atomic E-state index is -1.08. The first-order chi connectivity index (χ1) is 12.0. The third-order valence-corrected chi connectivity index (χ3v) is 3.41. The molecule has 0 aliphatic carbocycles. The third kappa shape index (κ3) is 3.11. The molecule has 3 rings (SSSR count). The van der Waals surface area contributed by atoms with Gasteiger partial charge in [0.2, 0.25) is 0 Å². The summed E-state index contributed by atoms with van der Waals surface area (Å²) in [5.74, 6) is -0.975. The zero-order chi connectivity index (χ0) is 18.0. The molecule has 0 fully saturated rings. The van der Waals surface area contributed by atoms with Gasteiger partial charge >= 0.3 is 5.97 Å². The number of pyridine rings is 1. The predicted molar refractivity (Wildman–Crippen MR) is 86.5 cm³/mol. The van der Waals surface area contributed by atoms with E-state index in [9.17, 15) is 25.0 Å². The smallest absolute Gasteiger partial charge is 0.350 e. The number of benzene rings is 2. The Morgan fingerprint density at radius 3 is 2.48 bits per heavy atom. The van der Waals surface area contributed by atoms with Crippen LogP contribution in [0, 0.1) is 20.2 Å². The first-order valence-electron chi connectivity index (χ1n) is 6.96. The Morgan fingerprint density at radius 1 is 1.00 bits per heavy atom. The van der Waals surface area contributed by atoms with Crippen LogP contribution in [0.15, 0.2) is 54.7 Å². The van der Waals surface area contributed by atoms with Crippen LogP contribution in [-0.2, 0) is 0 Å². The monoisotopic (exact) mass is 339 g/mol. The molecule has 0 bridgehead atoms. The van der Waals surface area contributed by atoms with Gasteiger partial charge in [-0.15, -0.1) is 0 Å². The number of ether oxygens (including phenoxy) is 1. The molecule has 3 aromatic rings. The molecule has 0 radical (unpaired) electrons. The topological polar surface area (TPSA) is 125 Å². The summed E-state index contributed by atoms with van der Waals surface area (Å²) in [5.41, 5.74) is -1.14. The van der Waals surface area contributed by atoms with Gasteiger partial charge in [0.25, 0.3) is 11.4 Å². The lowest BCUT2D eigenvalue weighted by Crippen LogP contribution is -2.12. The highest BCUT2D eigenvalue weighted by atomic mass is 16.6. The van der Waals surface area contributed by atoms with Gasteiger partial charge in [-0.05, 0) is 12.1 Å². The van der Waals surface area contributed by atoms with Crippen LogP contribution in [0.2, 0.25) is 0 Å². The second-order valence-corrected chi connectivity index (χ2v) is 4.94. The van der Waals surface area contributed by atoms with Crippen molar-refractivity contribution in [3.05, 3.63) is 80.5 Å². The zero-order valence-electron chi connectivity index (χ0n) is 12.5. The van der Waals surface area contributed by atoms with Gasteiger partial charge in [0.15, 0.2) is 5.75 Å². The number of non-ortho nitro benzene ring substituents is 1. The SMILES string of the molecule is O=C(Oc1cccc2cccnc12)c1cc([N+](=O)[O-])ccc1[N+](=O)[O-]. The van der Waals surface area contributed by atoms with E-state index >= 15 is 0 Å². The lowest BCUT2D eigenvalue weighted by molar-refractivity contribution is -0.389. The van der Waals surface area contributed by atoms with Crippen LogP contribution in [-0.4, -0.2) is 20.8 Å². The van der Waals surface area contributed by atoms with Crippen LogP contribution in [0.3, 0.4) is 0 Å². The van der Waals surface area contributed by atoms with Crippen molar-refractivity contribution in [1.82, 2.24) is 4.98 Å². The summed E-state index contributed by atoms with van der Waals surface area (Å²) in [6.45, 7) is 0. The Bertz CT molecular complexity index is 1010. The summed E-state index contributed by atoms with van der Waals surface area (Å²) >= 11 is 0. The highest BCUT2D eigenvalue weighted by Crippen LogP contribution is 2.28. The number of aromatic nitrogens is 1. The van der Waals surface area contributed by atoms with Crippen LogP contribution in [0.1, 0.15) is 10.4 Å². The summed E-state index contributed by atoms with van der Waals surface area (Å²) in [4.78, 5) is 36.9. The van der Waals surface area contributed by atoms with Gasteiger partial charge in [-0.1, -0.05) is 18.2 Å². The van der Waals surface area contributed by atoms with Crippen LogP contribution in [0.4, 0.5) is 11.4 Å². The van der Waals surface area contributed by atoms with Crippen molar-refractivity contribution in [3.8, 4) is 5.75 Å². The standard InChI is InChI=1S/C16H9N3O6/c20-16(12-9-11(18(21)22)6-7-13(12)19(23)24)25-14-5-1-3-10-4-2-8-17-15(10)14/h1-9H. The molecule has 0 saturated carbocycles. The molecule has 25 heavy (non-hydrogen) atoms. The summed E-state index contributed by atoms with van der Waals surface area (Å²) in [6.07, 6.45) is 1.51. The number of nitrogens with zero attached hydrogens (tertiary/aromatic N) is 3. The van der Waals surface area contributed by atoms with Gasteiger partial charge in [-0.3, -0.25) is 25.2 Å². The average Bonchev–Trinajstić information content (AvgIpc) is 2.61. The van der Waals surface area contributed by atoms with Crippen LogP contribution < -0.4 is 4.74 Å². The molecule has 0 amide bonds. The molecule has 9 nitrogen and oxygen atoms in total. The molecular weight excluding hydrogens is 330 g/mol. The Labute approximate surface area is 139 Å². The number of nitro benzene ring substituents is 2. The molecule has 9 heteroatoms. The second-order valence-electron chi connectivity index (χ2n) is 4.94. The van der Waals surface area contributed by atoms with Gasteiger partial charge in [-0.2, -0.15) is 0 Å². The Morgan fingerprint density at radius 2 is 1.76 bits per heavy atom. The Kier molecular flexibility index (Phi) is 4.04. The van der Waals surface area contributed by atoms with E-state index in [0.717, 1.165) is 18.2 Å². The van der Waals surface area contributed by atoms with Gasteiger partial charge in [0, 0.05) is 29.8 Å². The number of hydrogen-bond acceptors (Lipinski definition) is 7. The summed E-state index contributed by atoms with van der Waals surface area (Å²) < 4.78 is 5.21. The van der Waals surface area contributed by atoms with Crippen molar-refractivity contribution in [2.24, 2.45) is 0 Å². The molecule has 1 heterocycles. The normalized spacial score (nSPS) is 10.4. The van der Waals surface area contributed by atoms with Crippen molar-refractivity contribution < 1.29 is 19.4 Å². The lowest BCUT2D eigenvalue weighted by atomic mass is 10.1. The number of carbonyl (C=O) groups is 1. The van der Waals surface area contributed by atoms with Gasteiger partial charge in [-0.25, -0.2) is 4.79 Å². The molecule has 1 aromatic heterocycles. The zero-order valence-corrected chi connectivity index (χ0v) is 12.5. The maximum atomic E-state index is 12.4. The molecule has 0 atom stereocenters. The molecule has 124 valence electrons. The fourth-order valence-electron chi connectivity index (χ4n) is 2.27. The maximum Gasteiger partial charge on any atom is 0.350 e. The summed E-state index contributed by atoms with van der Waals surface area (Å²) in [6, 6.07) is 11.0. The fraction of sp³-hybridized carbons (Fsp3) is 0. The van der Waals surface area contributed by atoms with E-state index in [0.29, 0.717) is 10.9 Å². The number of carbonyl (C=O) groups excluding carboxylic acids is 1. The summed E-state index contributed by atoms with van der Waals surface area (Å²) in [5, 5.41) is 22.7. The molecule has 0 spiro atoms. The molecule has 0 aliphatic rings. The molecule has 0 N–H and O–H groups in total. The van der Waals surface area contributed by atoms with E-state index in [4.69, 9.17) is 4.74 Å². The van der Waals surface area contributed by atoms with E-state index in [1.54, 1.807) is 24.3 Å². The number of para-hydroxylation sites is 1. The fourth-order valence-corrected chi connectivity index (χ4v) is 2.27. The van der Waals surface area contributed by atoms with Gasteiger partial charge in [0.1, 0.15) is 11.1 Å². The van der Waals surface area contributed by atoms with Crippen molar-refractivity contribution >= 4 is 28.2 Å². The highest BCUT2D eigenvalue weighted by Gasteiger charge is 2.26. The van der Waals surface area contributed by atoms with E-state index in [1.165, 1.54) is 12.3 Å². The first-order valence-corrected chi connectivity index (χ1v) is 6.96. The quantitative estimate of drug-likeness (QED) is 0.309.